The van der Waals surface area contributed by atoms with Gasteiger partial charge in [0.2, 0.25) is 11.1 Å². The molecule has 0 saturated carbocycles. The average Bonchev–Trinajstić information content (AvgIpc) is 3.11. The molecule has 8 heteroatoms. The Bertz CT molecular complexity index is 877. The van der Waals surface area contributed by atoms with Crippen LogP contribution in [-0.4, -0.2) is 36.5 Å². The molecular weight excluding hydrogens is 350 g/mol. The number of thioether (sulfide) groups is 1. The maximum absolute atomic E-state index is 12.4. The highest BCUT2D eigenvalue weighted by Gasteiger charge is 2.19. The van der Waals surface area contributed by atoms with Gasteiger partial charge in [-0.1, -0.05) is 30.8 Å². The number of aromatic nitrogens is 4. The lowest BCUT2D eigenvalue weighted by molar-refractivity contribution is -0.115. The van der Waals surface area contributed by atoms with Crippen LogP contribution in [0.5, 0.6) is 5.75 Å². The number of anilines is 1. The minimum atomic E-state index is -0.386. The number of aryl methyl sites for hydroxylation is 1. The van der Waals surface area contributed by atoms with E-state index < -0.39 is 0 Å². The van der Waals surface area contributed by atoms with Crippen molar-refractivity contribution in [3.8, 4) is 11.4 Å². The molecule has 26 heavy (non-hydrogen) atoms. The lowest BCUT2D eigenvalue weighted by atomic mass is 10.1. The van der Waals surface area contributed by atoms with Gasteiger partial charge in [0.1, 0.15) is 5.75 Å². The molecule has 1 atom stereocenters. The van der Waals surface area contributed by atoms with Crippen molar-refractivity contribution >= 4 is 23.4 Å². The summed E-state index contributed by atoms with van der Waals surface area (Å²) in [7, 11) is 0. The SMILES string of the molecule is CCc1ccc(NC(=O)[C@@H](C)Sc2nnnn2-c2ccc(O)cc2)cc1. The largest absolute Gasteiger partial charge is 0.508 e. The van der Waals surface area contributed by atoms with Crippen molar-refractivity contribution in [2.75, 3.05) is 5.32 Å². The minimum absolute atomic E-state index is 0.125. The van der Waals surface area contributed by atoms with Gasteiger partial charge in [0.05, 0.1) is 10.9 Å². The second-order valence-corrected chi connectivity index (χ2v) is 7.00. The number of hydrogen-bond donors (Lipinski definition) is 2. The van der Waals surface area contributed by atoms with E-state index in [1.807, 2.05) is 24.3 Å². The number of tetrazole rings is 1. The molecule has 0 aliphatic carbocycles. The summed E-state index contributed by atoms with van der Waals surface area (Å²) in [5.41, 5.74) is 2.69. The standard InChI is InChI=1S/C18H19N5O2S/c1-3-13-4-6-14(7-5-13)19-17(25)12(2)26-18-20-21-22-23(18)15-8-10-16(24)11-9-15/h4-12,24H,3H2,1-2H3,(H,19,25)/t12-/m1/s1. The lowest BCUT2D eigenvalue weighted by Gasteiger charge is -2.12. The maximum Gasteiger partial charge on any atom is 0.237 e. The van der Waals surface area contributed by atoms with Crippen LogP contribution in [0, 0.1) is 0 Å². The predicted octanol–water partition coefficient (Wildman–Crippen LogP) is 3.05. The van der Waals surface area contributed by atoms with Crippen LogP contribution in [0.3, 0.4) is 0 Å². The zero-order valence-electron chi connectivity index (χ0n) is 14.5. The molecule has 0 spiro atoms. The Hall–Kier alpha value is -2.87. The summed E-state index contributed by atoms with van der Waals surface area (Å²) in [6.45, 7) is 3.89. The van der Waals surface area contributed by atoms with Gasteiger partial charge in [-0.3, -0.25) is 4.79 Å². The fourth-order valence-corrected chi connectivity index (χ4v) is 3.10. The topological polar surface area (TPSA) is 92.9 Å². The second-order valence-electron chi connectivity index (χ2n) is 5.69. The Labute approximate surface area is 155 Å². The van der Waals surface area contributed by atoms with Crippen LogP contribution in [0.1, 0.15) is 19.4 Å². The maximum atomic E-state index is 12.4. The summed E-state index contributed by atoms with van der Waals surface area (Å²) < 4.78 is 1.53. The molecule has 1 amide bonds. The smallest absolute Gasteiger partial charge is 0.237 e. The molecule has 0 aliphatic rings. The number of hydrogen-bond acceptors (Lipinski definition) is 6. The summed E-state index contributed by atoms with van der Waals surface area (Å²) in [6.07, 6.45) is 0.959. The average molecular weight is 369 g/mol. The number of phenolic OH excluding ortho intramolecular Hbond substituents is 1. The number of rotatable bonds is 6. The van der Waals surface area contributed by atoms with Crippen molar-refractivity contribution in [1.29, 1.82) is 0 Å². The molecule has 0 fully saturated rings. The summed E-state index contributed by atoms with van der Waals surface area (Å²) in [5, 5.41) is 24.0. The van der Waals surface area contributed by atoms with E-state index in [0.29, 0.717) is 10.8 Å². The molecule has 2 aromatic carbocycles. The lowest BCUT2D eigenvalue weighted by Crippen LogP contribution is -2.22. The zero-order chi connectivity index (χ0) is 18.5. The van der Waals surface area contributed by atoms with Crippen LogP contribution in [0.4, 0.5) is 5.69 Å². The molecule has 2 N–H and O–H groups in total. The summed E-state index contributed by atoms with van der Waals surface area (Å²) in [5.74, 6) is 0.0392. The first-order valence-electron chi connectivity index (χ1n) is 8.21. The molecule has 3 rings (SSSR count). The minimum Gasteiger partial charge on any atom is -0.508 e. The molecule has 0 unspecified atom stereocenters. The van der Waals surface area contributed by atoms with E-state index in [-0.39, 0.29) is 16.9 Å². The summed E-state index contributed by atoms with van der Waals surface area (Å²) >= 11 is 1.26. The van der Waals surface area contributed by atoms with E-state index in [0.717, 1.165) is 12.1 Å². The van der Waals surface area contributed by atoms with Crippen molar-refractivity contribution in [2.24, 2.45) is 0 Å². The van der Waals surface area contributed by atoms with Crippen LogP contribution < -0.4 is 5.32 Å². The molecule has 0 radical (unpaired) electrons. The monoisotopic (exact) mass is 369 g/mol. The van der Waals surface area contributed by atoms with Crippen molar-refractivity contribution in [3.05, 3.63) is 54.1 Å². The number of benzene rings is 2. The van der Waals surface area contributed by atoms with E-state index in [1.165, 1.54) is 22.0 Å². The van der Waals surface area contributed by atoms with Gasteiger partial charge >= 0.3 is 0 Å². The first kappa shape index (κ1) is 17.9. The van der Waals surface area contributed by atoms with E-state index in [2.05, 4.69) is 27.8 Å². The Morgan fingerprint density at radius 2 is 1.88 bits per heavy atom. The summed E-state index contributed by atoms with van der Waals surface area (Å²) in [4.78, 5) is 12.4. The third-order valence-electron chi connectivity index (χ3n) is 3.82. The fourth-order valence-electron chi connectivity index (χ4n) is 2.29. The normalized spacial score (nSPS) is 11.9. The zero-order valence-corrected chi connectivity index (χ0v) is 15.3. The number of carbonyl (C=O) groups is 1. The van der Waals surface area contributed by atoms with Gasteiger partial charge in [0.15, 0.2) is 0 Å². The number of aromatic hydroxyl groups is 1. The first-order chi connectivity index (χ1) is 12.6. The molecule has 7 nitrogen and oxygen atoms in total. The van der Waals surface area contributed by atoms with E-state index in [1.54, 1.807) is 31.2 Å². The molecule has 0 aliphatic heterocycles. The van der Waals surface area contributed by atoms with E-state index >= 15 is 0 Å². The quantitative estimate of drug-likeness (QED) is 0.649. The van der Waals surface area contributed by atoms with E-state index in [4.69, 9.17) is 0 Å². The molecular formula is C18H19N5O2S. The van der Waals surface area contributed by atoms with Gasteiger partial charge in [0.25, 0.3) is 0 Å². The Kier molecular flexibility index (Phi) is 5.52. The first-order valence-corrected chi connectivity index (χ1v) is 9.09. The van der Waals surface area contributed by atoms with Crippen molar-refractivity contribution in [1.82, 2.24) is 20.2 Å². The second kappa shape index (κ2) is 8.01. The Morgan fingerprint density at radius 1 is 1.19 bits per heavy atom. The molecule has 1 aromatic heterocycles. The van der Waals surface area contributed by atoms with Crippen molar-refractivity contribution < 1.29 is 9.90 Å². The van der Waals surface area contributed by atoms with Crippen LogP contribution in [0.2, 0.25) is 0 Å². The van der Waals surface area contributed by atoms with E-state index in [9.17, 15) is 9.90 Å². The van der Waals surface area contributed by atoms with Gasteiger partial charge in [-0.15, -0.1) is 5.10 Å². The highest BCUT2D eigenvalue weighted by atomic mass is 32.2. The number of nitrogens with zero attached hydrogens (tertiary/aromatic N) is 4. The number of phenols is 1. The van der Waals surface area contributed by atoms with Gasteiger partial charge in [-0.25, -0.2) is 0 Å². The summed E-state index contributed by atoms with van der Waals surface area (Å²) in [6, 6.07) is 14.3. The van der Waals surface area contributed by atoms with Crippen LogP contribution in [0.15, 0.2) is 53.7 Å². The molecule has 0 bridgehead atoms. The van der Waals surface area contributed by atoms with Crippen molar-refractivity contribution in [2.45, 2.75) is 30.7 Å². The van der Waals surface area contributed by atoms with Gasteiger partial charge < -0.3 is 10.4 Å². The third-order valence-corrected chi connectivity index (χ3v) is 4.85. The molecule has 134 valence electrons. The predicted molar refractivity (Wildman–Crippen MR) is 101 cm³/mol. The molecule has 0 saturated heterocycles. The third kappa shape index (κ3) is 4.20. The Balaban J connectivity index is 1.67. The number of nitrogens with one attached hydrogen (secondary N) is 1. The highest BCUT2D eigenvalue weighted by molar-refractivity contribution is 8.00. The fraction of sp³-hybridized carbons (Fsp3) is 0.222. The van der Waals surface area contributed by atoms with Crippen LogP contribution >= 0.6 is 11.8 Å². The van der Waals surface area contributed by atoms with Gasteiger partial charge in [0, 0.05) is 5.69 Å². The van der Waals surface area contributed by atoms with Crippen LogP contribution in [-0.2, 0) is 11.2 Å². The highest BCUT2D eigenvalue weighted by Crippen LogP contribution is 2.24. The van der Waals surface area contributed by atoms with Gasteiger partial charge in [-0.05, 0) is 65.7 Å². The molecule has 3 aromatic rings. The van der Waals surface area contributed by atoms with Crippen molar-refractivity contribution in [3.63, 3.8) is 0 Å². The van der Waals surface area contributed by atoms with Gasteiger partial charge in [-0.2, -0.15) is 4.68 Å². The Morgan fingerprint density at radius 3 is 2.54 bits per heavy atom. The number of amides is 1. The number of carbonyl (C=O) groups excluding carboxylic acids is 1. The van der Waals surface area contributed by atoms with Crippen LogP contribution in [0.25, 0.3) is 5.69 Å². The molecule has 1 heterocycles.